The van der Waals surface area contributed by atoms with Crippen LogP contribution in [-0.2, 0) is 28.0 Å². The highest BCUT2D eigenvalue weighted by atomic mass is 19.4. The Morgan fingerprint density at radius 2 is 0.338 bits per heavy atom. The topological polar surface area (TPSA) is 0 Å². The summed E-state index contributed by atoms with van der Waals surface area (Å²) in [6.07, 6.45) is 0. The van der Waals surface area contributed by atoms with E-state index in [2.05, 4.69) is 0 Å². The van der Waals surface area contributed by atoms with Crippen molar-refractivity contribution in [3.8, 4) is 0 Å². The molecule has 4 aliphatic carbocycles. The van der Waals surface area contributed by atoms with Gasteiger partial charge in [-0.2, -0.15) is 70.2 Å². The van der Waals surface area contributed by atoms with Crippen LogP contribution in [0.5, 0.6) is 0 Å². The number of alkyl halides is 20. The first-order chi connectivity index (χ1) is 33.0. The molecule has 0 spiro atoms. The summed E-state index contributed by atoms with van der Waals surface area (Å²) in [5.74, 6) is -126. The summed E-state index contributed by atoms with van der Waals surface area (Å²) in [7, 11) is -4.44. The van der Waals surface area contributed by atoms with E-state index in [1.807, 2.05) is 0 Å². The van der Waals surface area contributed by atoms with Gasteiger partial charge in [-0.15, -0.1) is 0 Å². The minimum Gasteiger partial charge on any atom is -0.224 e. The molecule has 0 radical (unpaired) electrons. The lowest BCUT2D eigenvalue weighted by Crippen LogP contribution is -2.50. The van der Waals surface area contributed by atoms with Gasteiger partial charge in [0.1, 0.15) is 0 Å². The third kappa shape index (κ3) is 5.04. The number of hydrogen-bond acceptors (Lipinski definition) is 0. The van der Waals surface area contributed by atoms with Crippen molar-refractivity contribution in [2.45, 2.75) is 75.4 Å². The number of halogens is 36. The molecule has 4 aromatic rings. The molecule has 0 heterocycles. The van der Waals surface area contributed by atoms with Gasteiger partial charge in [0.15, 0.2) is 100 Å². The summed E-state index contributed by atoms with van der Waals surface area (Å²) in [5.41, 5.74) is -60.3. The zero-order chi connectivity index (χ0) is 57.1. The van der Waals surface area contributed by atoms with Crippen LogP contribution in [0, 0.1) is 93.1 Å². The Bertz CT molecular complexity index is 2830. The van der Waals surface area contributed by atoms with Gasteiger partial charge in [0.05, 0.1) is 22.3 Å². The molecule has 404 valence electrons. The lowest BCUT2D eigenvalue weighted by molar-refractivity contribution is -0.0278. The Labute approximate surface area is 378 Å². The highest BCUT2D eigenvalue weighted by Gasteiger charge is 3.03. The van der Waals surface area contributed by atoms with E-state index in [-0.39, 0.29) is 0 Å². The summed E-state index contributed by atoms with van der Waals surface area (Å²) in [4.78, 5) is 0. The van der Waals surface area contributed by atoms with Gasteiger partial charge in [-0.3, -0.25) is 0 Å². The SMILES string of the molecule is Fc1c(F)c(C2(F)C(F)(F)C2(F)F)c(F)c(F)c1BC(c1c(F)c(F)c(C2(F)C(F)(F)C2(F)F)c(F)c1F)(c1c(F)c(F)c(C2(F)C(F)(F)C2(F)F)c(F)c1F)c1c(F)c(F)c(C2(F)C(F)(F)C2(F)F)c(F)c1F. The molecule has 74 heavy (non-hydrogen) atoms. The Kier molecular flexibility index (Phi) is 10.4. The smallest absolute Gasteiger partial charge is 0.224 e. The van der Waals surface area contributed by atoms with Crippen LogP contribution in [0.1, 0.15) is 38.9 Å². The van der Waals surface area contributed by atoms with Crippen LogP contribution in [0.25, 0.3) is 0 Å². The first-order valence-corrected chi connectivity index (χ1v) is 18.3. The number of hydrogen-bond donors (Lipinski definition) is 0. The van der Waals surface area contributed by atoms with E-state index in [1.165, 1.54) is 0 Å². The van der Waals surface area contributed by atoms with E-state index in [0.717, 1.165) is 0 Å². The van der Waals surface area contributed by atoms with Crippen molar-refractivity contribution in [1.82, 2.24) is 0 Å². The van der Waals surface area contributed by atoms with E-state index < -0.39 is 220 Å². The molecule has 0 bridgehead atoms. The first kappa shape index (κ1) is 54.7. The van der Waals surface area contributed by atoms with Gasteiger partial charge in [-0.1, -0.05) is 0 Å². The molecule has 0 aliphatic heterocycles. The van der Waals surface area contributed by atoms with Crippen molar-refractivity contribution < 1.29 is 158 Å². The van der Waals surface area contributed by atoms with Gasteiger partial charge >= 0.3 is 47.4 Å². The van der Waals surface area contributed by atoms with Gasteiger partial charge in [-0.05, 0) is 5.46 Å². The van der Waals surface area contributed by atoms with Gasteiger partial charge < -0.3 is 0 Å². The summed E-state index contributed by atoms with van der Waals surface area (Å²) >= 11 is 0. The average molecular weight is 1140 g/mol. The molecule has 4 aromatic carbocycles. The normalized spacial score (nSPS) is 23.6. The molecular formula is C37HBF36. The fourth-order valence-corrected chi connectivity index (χ4v) is 8.77. The molecule has 0 aromatic heterocycles. The Morgan fingerprint density at radius 1 is 0.203 bits per heavy atom. The van der Waals surface area contributed by atoms with Crippen molar-refractivity contribution in [3.63, 3.8) is 0 Å². The highest BCUT2D eigenvalue weighted by Crippen LogP contribution is 2.78. The van der Waals surface area contributed by atoms with Gasteiger partial charge in [0.2, 0.25) is 0 Å². The maximum atomic E-state index is 16.6. The Morgan fingerprint density at radius 3 is 0.473 bits per heavy atom. The molecule has 4 saturated carbocycles. The minimum atomic E-state index is -6.94. The molecule has 0 unspecified atom stereocenters. The quantitative estimate of drug-likeness (QED) is 0.0678. The molecule has 0 N–H and O–H groups in total. The zero-order valence-corrected chi connectivity index (χ0v) is 32.8. The van der Waals surface area contributed by atoms with E-state index in [0.29, 0.717) is 0 Å². The minimum absolute atomic E-state index is 3.87. The number of benzene rings is 4. The summed E-state index contributed by atoms with van der Waals surface area (Å²) in [6, 6.07) is 0. The van der Waals surface area contributed by atoms with Crippen LogP contribution in [0.3, 0.4) is 0 Å². The van der Waals surface area contributed by atoms with Gasteiger partial charge in [0.25, 0.3) is 22.7 Å². The largest absolute Gasteiger partial charge is 0.357 e. The Hall–Kier alpha value is -5.58. The van der Waals surface area contributed by atoms with Crippen molar-refractivity contribution in [1.29, 1.82) is 0 Å². The fraction of sp³-hybridized carbons (Fsp3) is 0.351. The zero-order valence-electron chi connectivity index (χ0n) is 32.8. The molecule has 4 fully saturated rings. The molecule has 0 nitrogen and oxygen atoms in total. The second kappa shape index (κ2) is 14.1. The standard InChI is InChI=1S/C37HBF36/c39-9-1(10(40)16(46)4(15(9)45)26(55)30(59,60)31(26,61)62)25(2-11(41)17(47)5(18(48)12(2)42)27(56)32(63,64)33(27,65)66,3-13(43)19(49)6(20(50)14(3)44)28(57)34(67,68)35(28,69)70)38-8-23(53)21(51)7(22(52)24(8)54)29(58)36(71,72)37(29,73)74/h38H. The molecular weight excluding hydrogens is 1140 g/mol. The van der Waals surface area contributed by atoms with Crippen LogP contribution in [0.15, 0.2) is 0 Å². The van der Waals surface area contributed by atoms with Gasteiger partial charge in [-0.25, -0.2) is 87.8 Å². The maximum absolute atomic E-state index is 16.6. The van der Waals surface area contributed by atoms with Gasteiger partial charge in [0, 0.05) is 22.0 Å². The first-order valence-electron chi connectivity index (χ1n) is 18.3. The predicted molar refractivity (Wildman–Crippen MR) is 162 cm³/mol. The molecule has 0 amide bonds. The van der Waals surface area contributed by atoms with Crippen LogP contribution in [-0.4, -0.2) is 54.7 Å². The lowest BCUT2D eigenvalue weighted by Gasteiger charge is -2.38. The molecule has 0 atom stereocenters. The second-order valence-corrected chi connectivity index (χ2v) is 16.4. The predicted octanol–water partition coefficient (Wildman–Crippen LogP) is 12.8. The van der Waals surface area contributed by atoms with Crippen LogP contribution in [0.4, 0.5) is 158 Å². The molecule has 4 aliphatic rings. The monoisotopic (exact) mass is 1140 g/mol. The van der Waals surface area contributed by atoms with E-state index >= 15 is 83.4 Å². The van der Waals surface area contributed by atoms with Crippen molar-refractivity contribution in [2.75, 3.05) is 0 Å². The van der Waals surface area contributed by atoms with E-state index in [4.69, 9.17) is 0 Å². The van der Waals surface area contributed by atoms with Crippen LogP contribution >= 0.6 is 0 Å². The lowest BCUT2D eigenvalue weighted by atomic mass is 9.40. The third-order valence-electron chi connectivity index (χ3n) is 13.0. The van der Waals surface area contributed by atoms with Crippen LogP contribution in [0.2, 0.25) is 0 Å². The van der Waals surface area contributed by atoms with Crippen molar-refractivity contribution in [2.24, 2.45) is 0 Å². The highest BCUT2D eigenvalue weighted by molar-refractivity contribution is 6.59. The van der Waals surface area contributed by atoms with Crippen molar-refractivity contribution in [3.05, 3.63) is 132 Å². The fourth-order valence-electron chi connectivity index (χ4n) is 8.77. The van der Waals surface area contributed by atoms with E-state index in [9.17, 15) is 74.6 Å². The summed E-state index contributed by atoms with van der Waals surface area (Å²) < 4.78 is 543. The second-order valence-electron chi connectivity index (χ2n) is 16.4. The summed E-state index contributed by atoms with van der Waals surface area (Å²) in [5, 5.41) is -6.94. The molecule has 37 heteroatoms. The molecule has 0 saturated heterocycles. The van der Waals surface area contributed by atoms with E-state index in [1.54, 1.807) is 0 Å². The maximum Gasteiger partial charge on any atom is 0.357 e. The molecule has 8 rings (SSSR count). The summed E-state index contributed by atoms with van der Waals surface area (Å²) in [6.45, 7) is 0. The number of rotatable bonds is 9. The third-order valence-corrected chi connectivity index (χ3v) is 13.0. The Balaban J connectivity index is 1.66. The average Bonchev–Trinajstić information content (AvgIpc) is 4.00. The van der Waals surface area contributed by atoms with Crippen molar-refractivity contribution >= 4 is 12.7 Å². The van der Waals surface area contributed by atoms with Crippen LogP contribution < -0.4 is 5.46 Å².